The Morgan fingerprint density at radius 3 is 2.75 bits per heavy atom. The van der Waals surface area contributed by atoms with Crippen molar-refractivity contribution < 1.29 is 9.84 Å². The van der Waals surface area contributed by atoms with Crippen molar-refractivity contribution >= 4 is 0 Å². The molecule has 0 saturated heterocycles. The van der Waals surface area contributed by atoms with Gasteiger partial charge in [0.25, 0.3) is 0 Å². The molecule has 0 bridgehead atoms. The van der Waals surface area contributed by atoms with Crippen LogP contribution >= 0.6 is 0 Å². The first-order chi connectivity index (χ1) is 9.78. The van der Waals surface area contributed by atoms with Crippen molar-refractivity contribution in [1.29, 1.82) is 0 Å². The summed E-state index contributed by atoms with van der Waals surface area (Å²) in [6.45, 7) is 2.18. The van der Waals surface area contributed by atoms with Gasteiger partial charge in [-0.15, -0.1) is 0 Å². The minimum absolute atomic E-state index is 0.306. The summed E-state index contributed by atoms with van der Waals surface area (Å²) in [5.74, 6) is 0.909. The van der Waals surface area contributed by atoms with Crippen molar-refractivity contribution in [3.05, 3.63) is 29.8 Å². The van der Waals surface area contributed by atoms with E-state index in [1.54, 1.807) is 7.11 Å². The predicted octanol–water partition coefficient (Wildman–Crippen LogP) is 3.12. The first-order valence-corrected chi connectivity index (χ1v) is 7.72. The molecule has 1 aliphatic rings. The Kier molecular flexibility index (Phi) is 5.86. The fraction of sp³-hybridized carbons (Fsp3) is 0.647. The van der Waals surface area contributed by atoms with E-state index in [4.69, 9.17) is 4.74 Å². The molecule has 0 aliphatic heterocycles. The third-order valence-corrected chi connectivity index (χ3v) is 4.52. The maximum absolute atomic E-state index is 9.32. The van der Waals surface area contributed by atoms with Gasteiger partial charge in [-0.25, -0.2) is 0 Å². The Labute approximate surface area is 122 Å². The summed E-state index contributed by atoms with van der Waals surface area (Å²) in [6, 6.07) is 8.19. The summed E-state index contributed by atoms with van der Waals surface area (Å²) in [4.78, 5) is 0. The van der Waals surface area contributed by atoms with Gasteiger partial charge in [0.05, 0.1) is 7.11 Å². The van der Waals surface area contributed by atoms with E-state index in [1.807, 2.05) is 12.1 Å². The van der Waals surface area contributed by atoms with E-state index < -0.39 is 0 Å². The van der Waals surface area contributed by atoms with Crippen molar-refractivity contribution in [3.63, 3.8) is 0 Å². The van der Waals surface area contributed by atoms with Crippen LogP contribution in [0, 0.1) is 5.41 Å². The van der Waals surface area contributed by atoms with Crippen LogP contribution in [0.2, 0.25) is 0 Å². The monoisotopic (exact) mass is 277 g/mol. The predicted molar refractivity (Wildman–Crippen MR) is 81.9 cm³/mol. The molecule has 0 amide bonds. The van der Waals surface area contributed by atoms with Gasteiger partial charge in [0, 0.05) is 19.7 Å². The molecule has 0 aromatic heterocycles. The molecule has 0 spiro atoms. The lowest BCUT2D eigenvalue weighted by molar-refractivity contribution is 0.126. The molecule has 0 radical (unpaired) electrons. The summed E-state index contributed by atoms with van der Waals surface area (Å²) in [7, 11) is 1.70. The third-order valence-electron chi connectivity index (χ3n) is 4.52. The SMILES string of the molecule is COc1cccc(CNCC2(CCO)CCCCC2)c1. The topological polar surface area (TPSA) is 41.5 Å². The fourth-order valence-electron chi connectivity index (χ4n) is 3.31. The van der Waals surface area contributed by atoms with Crippen LogP contribution in [0.25, 0.3) is 0 Å². The van der Waals surface area contributed by atoms with Crippen LogP contribution in [0.15, 0.2) is 24.3 Å². The number of aliphatic hydroxyl groups is 1. The van der Waals surface area contributed by atoms with E-state index >= 15 is 0 Å². The number of hydrogen-bond acceptors (Lipinski definition) is 3. The van der Waals surface area contributed by atoms with E-state index in [-0.39, 0.29) is 0 Å². The molecule has 0 unspecified atom stereocenters. The Balaban J connectivity index is 1.86. The molecular weight excluding hydrogens is 250 g/mol. The zero-order chi connectivity index (χ0) is 14.3. The average Bonchev–Trinajstić information content (AvgIpc) is 2.49. The molecule has 112 valence electrons. The van der Waals surface area contributed by atoms with Crippen LogP contribution in [0.4, 0.5) is 0 Å². The smallest absolute Gasteiger partial charge is 0.119 e. The molecule has 1 aromatic carbocycles. The molecule has 2 rings (SSSR count). The number of methoxy groups -OCH3 is 1. The van der Waals surface area contributed by atoms with Crippen LogP contribution in [0.5, 0.6) is 5.75 Å². The summed E-state index contributed by atoms with van der Waals surface area (Å²) in [6.07, 6.45) is 7.39. The van der Waals surface area contributed by atoms with Crippen molar-refractivity contribution in [3.8, 4) is 5.75 Å². The molecular formula is C17H27NO2. The van der Waals surface area contributed by atoms with Crippen LogP contribution in [-0.4, -0.2) is 25.4 Å². The summed E-state index contributed by atoms with van der Waals surface area (Å²) in [5.41, 5.74) is 1.56. The third kappa shape index (κ3) is 4.22. The highest BCUT2D eigenvalue weighted by atomic mass is 16.5. The molecule has 1 aromatic rings. The average molecular weight is 277 g/mol. The molecule has 0 atom stereocenters. The number of benzene rings is 1. The maximum atomic E-state index is 9.32. The zero-order valence-electron chi connectivity index (χ0n) is 12.5. The number of nitrogens with one attached hydrogen (secondary N) is 1. The number of hydrogen-bond donors (Lipinski definition) is 2. The lowest BCUT2D eigenvalue weighted by Gasteiger charge is -2.37. The van der Waals surface area contributed by atoms with E-state index in [1.165, 1.54) is 37.7 Å². The molecule has 2 N–H and O–H groups in total. The molecule has 3 heteroatoms. The second kappa shape index (κ2) is 7.65. The highest BCUT2D eigenvalue weighted by Crippen LogP contribution is 2.38. The Hall–Kier alpha value is -1.06. The van der Waals surface area contributed by atoms with E-state index in [9.17, 15) is 5.11 Å². The van der Waals surface area contributed by atoms with Crippen LogP contribution < -0.4 is 10.1 Å². The standard InChI is InChI=1S/C17H27NO2/c1-20-16-7-5-6-15(12-16)13-18-14-17(10-11-19)8-3-2-4-9-17/h5-7,12,18-19H,2-4,8-11,13-14H2,1H3. The van der Waals surface area contributed by atoms with Gasteiger partial charge >= 0.3 is 0 Å². The molecule has 3 nitrogen and oxygen atoms in total. The molecule has 1 saturated carbocycles. The first-order valence-electron chi connectivity index (χ1n) is 7.72. The summed E-state index contributed by atoms with van der Waals surface area (Å²) in [5, 5.41) is 12.9. The van der Waals surface area contributed by atoms with Gasteiger partial charge in [0.2, 0.25) is 0 Å². The van der Waals surface area contributed by atoms with Gasteiger partial charge in [-0.1, -0.05) is 31.4 Å². The quantitative estimate of drug-likeness (QED) is 0.804. The summed E-state index contributed by atoms with van der Waals surface area (Å²) < 4.78 is 5.25. The van der Waals surface area contributed by atoms with Crippen molar-refractivity contribution in [2.45, 2.75) is 45.1 Å². The van der Waals surface area contributed by atoms with Gasteiger partial charge < -0.3 is 15.2 Å². The van der Waals surface area contributed by atoms with Crippen LogP contribution in [-0.2, 0) is 6.54 Å². The second-order valence-corrected chi connectivity index (χ2v) is 5.99. The zero-order valence-corrected chi connectivity index (χ0v) is 12.5. The minimum atomic E-state index is 0.306. The Morgan fingerprint density at radius 2 is 2.05 bits per heavy atom. The lowest BCUT2D eigenvalue weighted by atomic mass is 9.72. The number of aliphatic hydroxyl groups excluding tert-OH is 1. The lowest BCUT2D eigenvalue weighted by Crippen LogP contribution is -2.36. The molecule has 0 heterocycles. The van der Waals surface area contributed by atoms with Crippen molar-refractivity contribution in [2.75, 3.05) is 20.3 Å². The highest BCUT2D eigenvalue weighted by molar-refractivity contribution is 5.28. The summed E-state index contributed by atoms with van der Waals surface area (Å²) >= 11 is 0. The molecule has 1 fully saturated rings. The molecule has 1 aliphatic carbocycles. The van der Waals surface area contributed by atoms with Crippen molar-refractivity contribution in [1.82, 2.24) is 5.32 Å². The van der Waals surface area contributed by atoms with Crippen LogP contribution in [0.1, 0.15) is 44.1 Å². The second-order valence-electron chi connectivity index (χ2n) is 5.99. The Bertz CT molecular complexity index is 394. The van der Waals surface area contributed by atoms with Gasteiger partial charge in [0.1, 0.15) is 5.75 Å². The first kappa shape index (κ1) is 15.3. The Morgan fingerprint density at radius 1 is 1.25 bits per heavy atom. The van der Waals surface area contributed by atoms with E-state index in [2.05, 4.69) is 17.4 Å². The van der Waals surface area contributed by atoms with E-state index in [0.29, 0.717) is 12.0 Å². The molecule has 20 heavy (non-hydrogen) atoms. The number of ether oxygens (including phenoxy) is 1. The van der Waals surface area contributed by atoms with Crippen LogP contribution in [0.3, 0.4) is 0 Å². The minimum Gasteiger partial charge on any atom is -0.497 e. The van der Waals surface area contributed by atoms with Crippen molar-refractivity contribution in [2.24, 2.45) is 5.41 Å². The normalized spacial score (nSPS) is 17.9. The van der Waals surface area contributed by atoms with Gasteiger partial charge in [-0.2, -0.15) is 0 Å². The van der Waals surface area contributed by atoms with Gasteiger partial charge in [-0.3, -0.25) is 0 Å². The highest BCUT2D eigenvalue weighted by Gasteiger charge is 2.30. The largest absolute Gasteiger partial charge is 0.497 e. The van der Waals surface area contributed by atoms with Gasteiger partial charge in [-0.05, 0) is 42.4 Å². The number of rotatable bonds is 7. The fourth-order valence-corrected chi connectivity index (χ4v) is 3.31. The van der Waals surface area contributed by atoms with Gasteiger partial charge in [0.15, 0.2) is 0 Å². The maximum Gasteiger partial charge on any atom is 0.119 e. The van der Waals surface area contributed by atoms with E-state index in [0.717, 1.165) is 25.3 Å².